The van der Waals surface area contributed by atoms with Gasteiger partial charge in [0.1, 0.15) is 5.82 Å². The van der Waals surface area contributed by atoms with Gasteiger partial charge >= 0.3 is 0 Å². The number of nitrogens with one attached hydrogen (secondary N) is 1. The van der Waals surface area contributed by atoms with Crippen molar-refractivity contribution in [2.24, 2.45) is 0 Å². The van der Waals surface area contributed by atoms with Gasteiger partial charge in [-0.25, -0.2) is 4.39 Å². The molecule has 4 heteroatoms. The number of aliphatic hydroxyl groups is 1. The SMILES string of the molecule is Cc1ccc(CNCC2(O)CCSC2)cc1F. The third kappa shape index (κ3) is 3.44. The molecule has 1 aromatic rings. The highest BCUT2D eigenvalue weighted by Gasteiger charge is 2.30. The Morgan fingerprint density at radius 2 is 2.35 bits per heavy atom. The van der Waals surface area contributed by atoms with Crippen LogP contribution < -0.4 is 5.32 Å². The largest absolute Gasteiger partial charge is 0.388 e. The molecule has 0 radical (unpaired) electrons. The van der Waals surface area contributed by atoms with Crippen molar-refractivity contribution in [2.45, 2.75) is 25.5 Å². The van der Waals surface area contributed by atoms with Crippen molar-refractivity contribution in [3.8, 4) is 0 Å². The highest BCUT2D eigenvalue weighted by Crippen LogP contribution is 2.27. The average Bonchev–Trinajstić information content (AvgIpc) is 2.71. The fourth-order valence-corrected chi connectivity index (χ4v) is 3.22. The van der Waals surface area contributed by atoms with Crippen LogP contribution in [0.2, 0.25) is 0 Å². The Hall–Kier alpha value is -0.580. The zero-order chi connectivity index (χ0) is 12.3. The Labute approximate surface area is 106 Å². The maximum atomic E-state index is 13.3. The van der Waals surface area contributed by atoms with E-state index < -0.39 is 5.60 Å². The van der Waals surface area contributed by atoms with Gasteiger partial charge in [-0.3, -0.25) is 0 Å². The smallest absolute Gasteiger partial charge is 0.126 e. The minimum absolute atomic E-state index is 0.167. The number of rotatable bonds is 4. The van der Waals surface area contributed by atoms with Gasteiger partial charge in [-0.05, 0) is 36.3 Å². The Balaban J connectivity index is 1.83. The van der Waals surface area contributed by atoms with Crippen molar-refractivity contribution in [1.82, 2.24) is 5.32 Å². The number of hydrogen-bond donors (Lipinski definition) is 2. The molecule has 0 bridgehead atoms. The van der Waals surface area contributed by atoms with Crippen LogP contribution in [0.4, 0.5) is 4.39 Å². The summed E-state index contributed by atoms with van der Waals surface area (Å²) in [5.41, 5.74) is 1.01. The highest BCUT2D eigenvalue weighted by atomic mass is 32.2. The van der Waals surface area contributed by atoms with E-state index in [1.165, 1.54) is 0 Å². The number of aryl methyl sites for hydroxylation is 1. The van der Waals surface area contributed by atoms with E-state index in [2.05, 4.69) is 5.32 Å². The molecule has 0 spiro atoms. The molecular formula is C13H18FNOS. The quantitative estimate of drug-likeness (QED) is 0.864. The molecule has 1 fully saturated rings. The maximum absolute atomic E-state index is 13.3. The van der Waals surface area contributed by atoms with E-state index in [1.54, 1.807) is 30.8 Å². The first-order valence-electron chi connectivity index (χ1n) is 5.85. The molecule has 1 atom stereocenters. The third-order valence-electron chi connectivity index (χ3n) is 3.10. The lowest BCUT2D eigenvalue weighted by molar-refractivity contribution is 0.0674. The number of halogens is 1. The third-order valence-corrected chi connectivity index (χ3v) is 4.34. The van der Waals surface area contributed by atoms with Crippen molar-refractivity contribution in [2.75, 3.05) is 18.1 Å². The van der Waals surface area contributed by atoms with Gasteiger partial charge in [0.25, 0.3) is 0 Å². The zero-order valence-electron chi connectivity index (χ0n) is 10.0. The van der Waals surface area contributed by atoms with Crippen LogP contribution in [-0.4, -0.2) is 28.8 Å². The number of hydrogen-bond acceptors (Lipinski definition) is 3. The molecule has 1 aliphatic heterocycles. The summed E-state index contributed by atoms with van der Waals surface area (Å²) in [4.78, 5) is 0. The number of benzene rings is 1. The maximum Gasteiger partial charge on any atom is 0.126 e. The number of thioether (sulfide) groups is 1. The van der Waals surface area contributed by atoms with Crippen LogP contribution >= 0.6 is 11.8 Å². The predicted octanol–water partition coefficient (Wildman–Crippen LogP) is 2.09. The van der Waals surface area contributed by atoms with Crippen LogP contribution in [0.25, 0.3) is 0 Å². The normalized spacial score (nSPS) is 24.2. The average molecular weight is 255 g/mol. The summed E-state index contributed by atoms with van der Waals surface area (Å²) in [7, 11) is 0. The molecule has 2 nitrogen and oxygen atoms in total. The predicted molar refractivity (Wildman–Crippen MR) is 69.7 cm³/mol. The second-order valence-electron chi connectivity index (χ2n) is 4.71. The van der Waals surface area contributed by atoms with Crippen molar-refractivity contribution in [3.05, 3.63) is 35.1 Å². The van der Waals surface area contributed by atoms with Crippen LogP contribution in [0.5, 0.6) is 0 Å². The lowest BCUT2D eigenvalue weighted by atomic mass is 10.0. The molecule has 2 N–H and O–H groups in total. The van der Waals surface area contributed by atoms with Gasteiger partial charge in [0, 0.05) is 18.8 Å². The molecule has 2 rings (SSSR count). The summed E-state index contributed by atoms with van der Waals surface area (Å²) in [5, 5.41) is 13.3. The van der Waals surface area contributed by atoms with Crippen LogP contribution in [0.1, 0.15) is 17.5 Å². The molecule has 17 heavy (non-hydrogen) atoms. The molecule has 1 aromatic carbocycles. The Bertz CT molecular complexity index is 391. The molecular weight excluding hydrogens is 237 g/mol. The standard InChI is InChI=1S/C13H18FNOS/c1-10-2-3-11(6-12(10)14)7-15-8-13(16)4-5-17-9-13/h2-3,6,15-16H,4-5,7-9H2,1H3. The zero-order valence-corrected chi connectivity index (χ0v) is 10.8. The molecule has 0 aromatic heterocycles. The summed E-state index contributed by atoms with van der Waals surface area (Å²) in [6.45, 7) is 2.94. The molecule has 0 aliphatic carbocycles. The second kappa shape index (κ2) is 5.38. The van der Waals surface area contributed by atoms with Gasteiger partial charge in [-0.2, -0.15) is 11.8 Å². The van der Waals surface area contributed by atoms with Crippen LogP contribution in [0.3, 0.4) is 0 Å². The molecule has 1 saturated heterocycles. The molecule has 94 valence electrons. The summed E-state index contributed by atoms with van der Waals surface area (Å²) < 4.78 is 13.3. The van der Waals surface area contributed by atoms with E-state index in [9.17, 15) is 9.50 Å². The molecule has 0 amide bonds. The van der Waals surface area contributed by atoms with Crippen LogP contribution in [0, 0.1) is 12.7 Å². The fraction of sp³-hybridized carbons (Fsp3) is 0.538. The first kappa shape index (κ1) is 12.9. The van der Waals surface area contributed by atoms with Crippen molar-refractivity contribution < 1.29 is 9.50 Å². The molecule has 0 saturated carbocycles. The lowest BCUT2D eigenvalue weighted by Gasteiger charge is -2.21. The van der Waals surface area contributed by atoms with Gasteiger partial charge in [0.05, 0.1) is 5.60 Å². The summed E-state index contributed by atoms with van der Waals surface area (Å²) in [6.07, 6.45) is 0.840. The Morgan fingerprint density at radius 1 is 1.53 bits per heavy atom. The van der Waals surface area contributed by atoms with E-state index in [4.69, 9.17) is 0 Å². The molecule has 1 heterocycles. The van der Waals surface area contributed by atoms with Crippen molar-refractivity contribution in [1.29, 1.82) is 0 Å². The van der Waals surface area contributed by atoms with Crippen molar-refractivity contribution in [3.63, 3.8) is 0 Å². The van der Waals surface area contributed by atoms with Gasteiger partial charge in [-0.15, -0.1) is 0 Å². The van der Waals surface area contributed by atoms with Crippen LogP contribution in [-0.2, 0) is 6.54 Å². The van der Waals surface area contributed by atoms with Gasteiger partial charge in [0.2, 0.25) is 0 Å². The first-order chi connectivity index (χ1) is 8.09. The monoisotopic (exact) mass is 255 g/mol. The minimum atomic E-state index is -0.575. The topological polar surface area (TPSA) is 32.3 Å². The molecule has 1 unspecified atom stereocenters. The van der Waals surface area contributed by atoms with E-state index >= 15 is 0 Å². The van der Waals surface area contributed by atoms with Gasteiger partial charge < -0.3 is 10.4 Å². The minimum Gasteiger partial charge on any atom is -0.388 e. The summed E-state index contributed by atoms with van der Waals surface area (Å²) in [5.74, 6) is 1.65. The summed E-state index contributed by atoms with van der Waals surface area (Å²) in [6, 6.07) is 5.25. The Morgan fingerprint density at radius 3 is 3.00 bits per heavy atom. The van der Waals surface area contributed by atoms with Gasteiger partial charge in [0.15, 0.2) is 0 Å². The van der Waals surface area contributed by atoms with E-state index in [0.717, 1.165) is 23.5 Å². The first-order valence-corrected chi connectivity index (χ1v) is 7.00. The van der Waals surface area contributed by atoms with Crippen molar-refractivity contribution >= 4 is 11.8 Å². The van der Waals surface area contributed by atoms with E-state index in [-0.39, 0.29) is 5.82 Å². The molecule has 1 aliphatic rings. The second-order valence-corrected chi connectivity index (χ2v) is 5.82. The Kier molecular flexibility index (Phi) is 4.07. The summed E-state index contributed by atoms with van der Waals surface area (Å²) >= 11 is 1.78. The van der Waals surface area contributed by atoms with Crippen LogP contribution in [0.15, 0.2) is 18.2 Å². The lowest BCUT2D eigenvalue weighted by Crippen LogP contribution is -2.40. The highest BCUT2D eigenvalue weighted by molar-refractivity contribution is 7.99. The fourth-order valence-electron chi connectivity index (χ4n) is 1.92. The van der Waals surface area contributed by atoms with E-state index in [0.29, 0.717) is 18.7 Å². The van der Waals surface area contributed by atoms with Gasteiger partial charge in [-0.1, -0.05) is 12.1 Å². The van der Waals surface area contributed by atoms with E-state index in [1.807, 2.05) is 6.07 Å².